The second-order valence-electron chi connectivity index (χ2n) is 2.60. The highest BCUT2D eigenvalue weighted by Crippen LogP contribution is 2.31. The van der Waals surface area contributed by atoms with E-state index in [0.717, 1.165) is 15.4 Å². The number of benzene rings is 1. The summed E-state index contributed by atoms with van der Waals surface area (Å²) in [4.78, 5) is 0. The molecule has 0 aliphatic rings. The maximum atomic E-state index is 3.67. The van der Waals surface area contributed by atoms with E-state index in [0.29, 0.717) is 5.54 Å². The first-order valence-corrected chi connectivity index (χ1v) is 5.98. The van der Waals surface area contributed by atoms with Crippen LogP contribution in [-0.4, -0.2) is 10.2 Å². The molecule has 12 heavy (non-hydrogen) atoms. The highest BCUT2D eigenvalue weighted by atomic mass is 79.9. The molecule has 0 aliphatic heterocycles. The molecule has 0 amide bonds. The van der Waals surface area contributed by atoms with Crippen LogP contribution in [0.15, 0.2) is 27.1 Å². The highest BCUT2D eigenvalue weighted by molar-refractivity contribution is 9.13. The van der Waals surface area contributed by atoms with E-state index in [9.17, 15) is 0 Å². The molecule has 0 fully saturated rings. The fourth-order valence-corrected chi connectivity index (χ4v) is 2.38. The molecule has 1 rings (SSSR count). The van der Waals surface area contributed by atoms with Crippen molar-refractivity contribution in [3.05, 3.63) is 32.7 Å². The molecule has 3 radical (unpaired) electrons. The van der Waals surface area contributed by atoms with E-state index in [2.05, 4.69) is 55.1 Å². The Morgan fingerprint density at radius 1 is 1.42 bits per heavy atom. The molecular formula is C9H9Br2Si. The molecule has 0 bridgehead atoms. The van der Waals surface area contributed by atoms with Crippen molar-refractivity contribution in [2.45, 2.75) is 18.9 Å². The first-order valence-electron chi connectivity index (χ1n) is 3.81. The van der Waals surface area contributed by atoms with Gasteiger partial charge in [-0.3, -0.25) is 0 Å². The van der Waals surface area contributed by atoms with E-state index in [1.165, 1.54) is 5.56 Å². The van der Waals surface area contributed by atoms with Gasteiger partial charge in [-0.2, -0.15) is 0 Å². The van der Waals surface area contributed by atoms with E-state index in [4.69, 9.17) is 0 Å². The van der Waals surface area contributed by atoms with Crippen LogP contribution in [0.3, 0.4) is 0 Å². The van der Waals surface area contributed by atoms with Crippen LogP contribution < -0.4 is 0 Å². The molecule has 63 valence electrons. The third-order valence-corrected chi connectivity index (χ3v) is 4.56. The zero-order valence-corrected chi connectivity index (χ0v) is 10.9. The summed E-state index contributed by atoms with van der Waals surface area (Å²) in [5, 5.41) is 0. The van der Waals surface area contributed by atoms with E-state index < -0.39 is 0 Å². The standard InChI is InChI=1S/C9H9Br2Si/c1-2-8(12)6-4-3-5-7(10)9(6)11/h3-5,8H,2H2,1H3. The van der Waals surface area contributed by atoms with Crippen molar-refractivity contribution in [3.8, 4) is 0 Å². The van der Waals surface area contributed by atoms with Gasteiger partial charge in [0.05, 0.1) is 0 Å². The Morgan fingerprint density at radius 2 is 2.08 bits per heavy atom. The summed E-state index contributed by atoms with van der Waals surface area (Å²) in [6.45, 7) is 2.16. The first kappa shape index (κ1) is 10.5. The van der Waals surface area contributed by atoms with Crippen molar-refractivity contribution in [2.75, 3.05) is 0 Å². The summed E-state index contributed by atoms with van der Waals surface area (Å²) in [7, 11) is 3.67. The fourth-order valence-electron chi connectivity index (χ4n) is 1.01. The monoisotopic (exact) mass is 303 g/mol. The lowest BCUT2D eigenvalue weighted by atomic mass is 10.1. The van der Waals surface area contributed by atoms with Crippen molar-refractivity contribution in [2.24, 2.45) is 0 Å². The molecule has 0 aromatic heterocycles. The molecule has 0 saturated carbocycles. The van der Waals surface area contributed by atoms with Crippen LogP contribution in [0, 0.1) is 0 Å². The summed E-state index contributed by atoms with van der Waals surface area (Å²) in [6, 6.07) is 6.20. The quantitative estimate of drug-likeness (QED) is 0.729. The lowest BCUT2D eigenvalue weighted by Crippen LogP contribution is -1.97. The van der Waals surface area contributed by atoms with Gasteiger partial charge in [-0.1, -0.05) is 25.5 Å². The van der Waals surface area contributed by atoms with E-state index >= 15 is 0 Å². The maximum Gasteiger partial charge on any atom is 0.0349 e. The molecule has 0 aliphatic carbocycles. The second-order valence-corrected chi connectivity index (χ2v) is 4.95. The minimum absolute atomic E-state index is 0.428. The molecule has 3 heteroatoms. The van der Waals surface area contributed by atoms with Crippen molar-refractivity contribution in [1.82, 2.24) is 0 Å². The minimum Gasteiger partial charge on any atom is -0.0651 e. The zero-order chi connectivity index (χ0) is 9.14. The van der Waals surface area contributed by atoms with Gasteiger partial charge in [0.25, 0.3) is 0 Å². The average molecular weight is 305 g/mol. The molecule has 1 aromatic rings. The predicted octanol–water partition coefficient (Wildman–Crippen LogP) is 3.83. The lowest BCUT2D eigenvalue weighted by molar-refractivity contribution is 0.877. The second kappa shape index (κ2) is 4.58. The van der Waals surface area contributed by atoms with Gasteiger partial charge in [0, 0.05) is 19.2 Å². The molecule has 0 N–H and O–H groups in total. The SMILES string of the molecule is CCC([Si])c1cccc(Br)c1Br. The summed E-state index contributed by atoms with van der Waals surface area (Å²) in [5.74, 6) is 0. The zero-order valence-electron chi connectivity index (χ0n) is 6.77. The Kier molecular flexibility index (Phi) is 4.00. The van der Waals surface area contributed by atoms with Gasteiger partial charge in [-0.05, 0) is 49.0 Å². The number of rotatable bonds is 2. The van der Waals surface area contributed by atoms with Crippen LogP contribution in [0.2, 0.25) is 0 Å². The molecular weight excluding hydrogens is 296 g/mol. The summed E-state index contributed by atoms with van der Waals surface area (Å²) < 4.78 is 2.25. The number of hydrogen-bond donors (Lipinski definition) is 0. The average Bonchev–Trinajstić information content (AvgIpc) is 2.08. The number of hydrogen-bond acceptors (Lipinski definition) is 0. The largest absolute Gasteiger partial charge is 0.0651 e. The topological polar surface area (TPSA) is 0 Å². The lowest BCUT2D eigenvalue weighted by Gasteiger charge is -2.11. The molecule has 1 unspecified atom stereocenters. The Hall–Kier alpha value is 0.397. The Labute approximate surface area is 93.4 Å². The smallest absolute Gasteiger partial charge is 0.0349 e. The van der Waals surface area contributed by atoms with Gasteiger partial charge in [0.2, 0.25) is 0 Å². The van der Waals surface area contributed by atoms with Crippen LogP contribution in [0.5, 0.6) is 0 Å². The van der Waals surface area contributed by atoms with Crippen molar-refractivity contribution < 1.29 is 0 Å². The Bertz CT molecular complexity index is 273. The summed E-state index contributed by atoms with van der Waals surface area (Å²) >= 11 is 7.02. The van der Waals surface area contributed by atoms with Gasteiger partial charge < -0.3 is 0 Å². The van der Waals surface area contributed by atoms with E-state index in [1.807, 2.05) is 12.1 Å². The maximum absolute atomic E-state index is 3.67. The van der Waals surface area contributed by atoms with Crippen LogP contribution in [0.1, 0.15) is 24.4 Å². The Morgan fingerprint density at radius 3 is 2.67 bits per heavy atom. The minimum atomic E-state index is 0.428. The predicted molar refractivity (Wildman–Crippen MR) is 60.6 cm³/mol. The number of halogens is 2. The molecule has 0 nitrogen and oxygen atoms in total. The van der Waals surface area contributed by atoms with Crippen molar-refractivity contribution >= 4 is 42.1 Å². The van der Waals surface area contributed by atoms with Crippen LogP contribution in [0.25, 0.3) is 0 Å². The Balaban J connectivity index is 3.07. The van der Waals surface area contributed by atoms with E-state index in [1.54, 1.807) is 0 Å². The third kappa shape index (κ3) is 2.21. The molecule has 0 heterocycles. The first-order chi connectivity index (χ1) is 5.66. The van der Waals surface area contributed by atoms with E-state index in [-0.39, 0.29) is 0 Å². The molecule has 0 saturated heterocycles. The van der Waals surface area contributed by atoms with Crippen molar-refractivity contribution in [3.63, 3.8) is 0 Å². The van der Waals surface area contributed by atoms with Crippen LogP contribution in [0.4, 0.5) is 0 Å². The van der Waals surface area contributed by atoms with Gasteiger partial charge in [0.1, 0.15) is 0 Å². The normalized spacial score (nSPS) is 13.0. The fraction of sp³-hybridized carbons (Fsp3) is 0.333. The van der Waals surface area contributed by atoms with Crippen LogP contribution >= 0.6 is 31.9 Å². The molecule has 0 spiro atoms. The van der Waals surface area contributed by atoms with Gasteiger partial charge >= 0.3 is 0 Å². The third-order valence-electron chi connectivity index (χ3n) is 1.77. The van der Waals surface area contributed by atoms with Gasteiger partial charge in [-0.25, -0.2) is 0 Å². The van der Waals surface area contributed by atoms with Crippen molar-refractivity contribution in [1.29, 1.82) is 0 Å². The van der Waals surface area contributed by atoms with Gasteiger partial charge in [0.15, 0.2) is 0 Å². The highest BCUT2D eigenvalue weighted by Gasteiger charge is 2.08. The van der Waals surface area contributed by atoms with Gasteiger partial charge in [-0.15, -0.1) is 0 Å². The summed E-state index contributed by atoms with van der Waals surface area (Å²) in [5.41, 5.74) is 1.72. The molecule has 1 atom stereocenters. The summed E-state index contributed by atoms with van der Waals surface area (Å²) in [6.07, 6.45) is 1.09. The molecule has 1 aromatic carbocycles. The van der Waals surface area contributed by atoms with Crippen LogP contribution in [-0.2, 0) is 0 Å².